The summed E-state index contributed by atoms with van der Waals surface area (Å²) < 4.78 is 0. The Hall–Kier alpha value is -0.450. The fourth-order valence-electron chi connectivity index (χ4n) is 3.28. The standard InChI is InChI=1S/C12H19N3S/c13-12-3-1-2-9-4-15(6-11(9)12)5-10-7-16-8-14-10/h7-9,11-12H,1-6,13H2. The lowest BCUT2D eigenvalue weighted by atomic mass is 9.78. The smallest absolute Gasteiger partial charge is 0.0795 e. The molecule has 3 unspecified atom stereocenters. The molecule has 0 amide bonds. The Morgan fingerprint density at radius 3 is 3.12 bits per heavy atom. The summed E-state index contributed by atoms with van der Waals surface area (Å²) in [5, 5.41) is 2.15. The van der Waals surface area contributed by atoms with Gasteiger partial charge in [-0.3, -0.25) is 4.90 Å². The average molecular weight is 237 g/mol. The zero-order chi connectivity index (χ0) is 11.0. The topological polar surface area (TPSA) is 42.1 Å². The van der Waals surface area contributed by atoms with Crippen molar-refractivity contribution in [1.29, 1.82) is 0 Å². The van der Waals surface area contributed by atoms with Crippen LogP contribution in [-0.4, -0.2) is 29.0 Å². The molecular formula is C12H19N3S. The van der Waals surface area contributed by atoms with Crippen molar-refractivity contribution in [2.75, 3.05) is 13.1 Å². The molecule has 16 heavy (non-hydrogen) atoms. The summed E-state index contributed by atoms with van der Waals surface area (Å²) in [6.07, 6.45) is 3.94. The van der Waals surface area contributed by atoms with Crippen LogP contribution in [-0.2, 0) is 6.54 Å². The molecule has 0 radical (unpaired) electrons. The number of nitrogens with two attached hydrogens (primary N) is 1. The van der Waals surface area contributed by atoms with E-state index in [1.54, 1.807) is 11.3 Å². The second-order valence-electron chi connectivity index (χ2n) is 5.19. The van der Waals surface area contributed by atoms with E-state index in [9.17, 15) is 0 Å². The molecule has 1 aromatic rings. The molecular weight excluding hydrogens is 218 g/mol. The van der Waals surface area contributed by atoms with Crippen molar-refractivity contribution >= 4 is 11.3 Å². The van der Waals surface area contributed by atoms with E-state index in [0.29, 0.717) is 6.04 Å². The van der Waals surface area contributed by atoms with Gasteiger partial charge in [0.15, 0.2) is 0 Å². The Bertz CT molecular complexity index is 338. The average Bonchev–Trinajstić information content (AvgIpc) is 2.88. The second kappa shape index (κ2) is 4.43. The molecule has 1 aliphatic heterocycles. The van der Waals surface area contributed by atoms with Gasteiger partial charge in [-0.25, -0.2) is 4.98 Å². The molecule has 0 aromatic carbocycles. The number of nitrogens with zero attached hydrogens (tertiary/aromatic N) is 2. The van der Waals surface area contributed by atoms with Crippen LogP contribution in [0.5, 0.6) is 0 Å². The predicted octanol–water partition coefficient (Wildman–Crippen LogP) is 1.70. The third kappa shape index (κ3) is 2.01. The maximum absolute atomic E-state index is 6.22. The molecule has 3 nitrogen and oxygen atoms in total. The molecule has 2 fully saturated rings. The van der Waals surface area contributed by atoms with Gasteiger partial charge in [0.05, 0.1) is 11.2 Å². The van der Waals surface area contributed by atoms with Crippen LogP contribution in [0, 0.1) is 11.8 Å². The molecule has 2 N–H and O–H groups in total. The van der Waals surface area contributed by atoms with Gasteiger partial charge in [-0.2, -0.15) is 0 Å². The number of hydrogen-bond donors (Lipinski definition) is 1. The zero-order valence-electron chi connectivity index (χ0n) is 9.51. The molecule has 0 spiro atoms. The normalized spacial score (nSPS) is 35.2. The van der Waals surface area contributed by atoms with Crippen LogP contribution in [0.4, 0.5) is 0 Å². The lowest BCUT2D eigenvalue weighted by Gasteiger charge is -2.29. The van der Waals surface area contributed by atoms with Crippen LogP contribution in [0.15, 0.2) is 10.9 Å². The van der Waals surface area contributed by atoms with Crippen molar-refractivity contribution < 1.29 is 0 Å². The number of hydrogen-bond acceptors (Lipinski definition) is 4. The quantitative estimate of drug-likeness (QED) is 0.851. The maximum atomic E-state index is 6.22. The zero-order valence-corrected chi connectivity index (χ0v) is 10.3. The molecule has 3 atom stereocenters. The number of rotatable bonds is 2. The molecule has 0 bridgehead atoms. The summed E-state index contributed by atoms with van der Waals surface area (Å²) >= 11 is 1.69. The third-order valence-corrected chi connectivity index (χ3v) is 4.73. The minimum Gasteiger partial charge on any atom is -0.327 e. The summed E-state index contributed by atoms with van der Waals surface area (Å²) in [6.45, 7) is 3.43. The van der Waals surface area contributed by atoms with Crippen LogP contribution in [0.2, 0.25) is 0 Å². The molecule has 1 saturated heterocycles. The number of aromatic nitrogens is 1. The number of fused-ring (bicyclic) bond motifs is 1. The van der Waals surface area contributed by atoms with E-state index in [2.05, 4.69) is 15.3 Å². The molecule has 1 aromatic heterocycles. The van der Waals surface area contributed by atoms with Crippen molar-refractivity contribution in [3.8, 4) is 0 Å². The maximum Gasteiger partial charge on any atom is 0.0795 e. The summed E-state index contributed by atoms with van der Waals surface area (Å²) in [6, 6.07) is 0.444. The summed E-state index contributed by atoms with van der Waals surface area (Å²) in [5.41, 5.74) is 9.36. The molecule has 3 rings (SSSR count). The van der Waals surface area contributed by atoms with Crippen LogP contribution in [0.1, 0.15) is 25.0 Å². The van der Waals surface area contributed by atoms with Crippen molar-refractivity contribution in [2.24, 2.45) is 17.6 Å². The Labute approximate surface area is 101 Å². The Balaban J connectivity index is 1.63. The van der Waals surface area contributed by atoms with Crippen molar-refractivity contribution in [3.63, 3.8) is 0 Å². The second-order valence-corrected chi connectivity index (χ2v) is 5.91. The minimum atomic E-state index is 0.444. The highest BCUT2D eigenvalue weighted by atomic mass is 32.1. The van der Waals surface area contributed by atoms with Crippen molar-refractivity contribution in [1.82, 2.24) is 9.88 Å². The van der Waals surface area contributed by atoms with Gasteiger partial charge < -0.3 is 5.73 Å². The van der Waals surface area contributed by atoms with Crippen molar-refractivity contribution in [3.05, 3.63) is 16.6 Å². The lowest BCUT2D eigenvalue weighted by Crippen LogP contribution is -2.38. The van der Waals surface area contributed by atoms with Gasteiger partial charge in [0.25, 0.3) is 0 Å². The van der Waals surface area contributed by atoms with Gasteiger partial charge in [-0.1, -0.05) is 6.42 Å². The van der Waals surface area contributed by atoms with E-state index in [0.717, 1.165) is 18.4 Å². The van der Waals surface area contributed by atoms with Crippen LogP contribution < -0.4 is 5.73 Å². The molecule has 2 aliphatic rings. The highest BCUT2D eigenvalue weighted by molar-refractivity contribution is 7.07. The highest BCUT2D eigenvalue weighted by Crippen LogP contribution is 2.35. The molecule has 1 aliphatic carbocycles. The van der Waals surface area contributed by atoms with Crippen LogP contribution in [0.25, 0.3) is 0 Å². The summed E-state index contributed by atoms with van der Waals surface area (Å²) in [5.74, 6) is 1.59. The number of thiazole rings is 1. The van der Waals surface area contributed by atoms with Gasteiger partial charge in [0.2, 0.25) is 0 Å². The van der Waals surface area contributed by atoms with Gasteiger partial charge >= 0.3 is 0 Å². The highest BCUT2D eigenvalue weighted by Gasteiger charge is 2.38. The molecule has 1 saturated carbocycles. The lowest BCUT2D eigenvalue weighted by molar-refractivity contribution is 0.259. The molecule has 88 valence electrons. The summed E-state index contributed by atoms with van der Waals surface area (Å²) in [4.78, 5) is 6.90. The SMILES string of the molecule is NC1CCCC2CN(Cc3cscn3)CC12. The van der Waals surface area contributed by atoms with Crippen LogP contribution >= 0.6 is 11.3 Å². The molecule has 2 heterocycles. The van der Waals surface area contributed by atoms with E-state index in [1.165, 1.54) is 38.0 Å². The van der Waals surface area contributed by atoms with E-state index in [1.807, 2.05) is 5.51 Å². The van der Waals surface area contributed by atoms with E-state index >= 15 is 0 Å². The van der Waals surface area contributed by atoms with Gasteiger partial charge in [0.1, 0.15) is 0 Å². The van der Waals surface area contributed by atoms with E-state index in [4.69, 9.17) is 5.73 Å². The monoisotopic (exact) mass is 237 g/mol. The van der Waals surface area contributed by atoms with E-state index < -0.39 is 0 Å². The minimum absolute atomic E-state index is 0.444. The van der Waals surface area contributed by atoms with E-state index in [-0.39, 0.29) is 0 Å². The Kier molecular flexibility index (Phi) is 2.96. The van der Waals surface area contributed by atoms with Crippen LogP contribution in [0.3, 0.4) is 0 Å². The Morgan fingerprint density at radius 1 is 1.44 bits per heavy atom. The first-order chi connectivity index (χ1) is 7.83. The Morgan fingerprint density at radius 2 is 2.38 bits per heavy atom. The summed E-state index contributed by atoms with van der Waals surface area (Å²) in [7, 11) is 0. The third-order valence-electron chi connectivity index (χ3n) is 4.10. The van der Waals surface area contributed by atoms with Gasteiger partial charge in [0, 0.05) is 31.1 Å². The molecule has 4 heteroatoms. The first-order valence-electron chi connectivity index (χ1n) is 6.18. The van der Waals surface area contributed by atoms with Crippen molar-refractivity contribution in [2.45, 2.75) is 31.8 Å². The predicted molar refractivity (Wildman–Crippen MR) is 66.2 cm³/mol. The first kappa shape index (κ1) is 10.7. The number of likely N-dealkylation sites (tertiary alicyclic amines) is 1. The first-order valence-corrected chi connectivity index (χ1v) is 7.12. The van der Waals surface area contributed by atoms with Gasteiger partial charge in [-0.15, -0.1) is 11.3 Å². The fourth-order valence-corrected chi connectivity index (χ4v) is 3.83. The van der Waals surface area contributed by atoms with Gasteiger partial charge in [-0.05, 0) is 24.7 Å². The fraction of sp³-hybridized carbons (Fsp3) is 0.750. The largest absolute Gasteiger partial charge is 0.327 e.